The summed E-state index contributed by atoms with van der Waals surface area (Å²) < 4.78 is 1.75. The van der Waals surface area contributed by atoms with Crippen LogP contribution in [0.3, 0.4) is 0 Å². The first-order chi connectivity index (χ1) is 6.93. The first kappa shape index (κ1) is 11.7. The highest BCUT2D eigenvalue weighted by atomic mass is 16.1. The number of hydrogen-bond acceptors (Lipinski definition) is 2. The van der Waals surface area contributed by atoms with Gasteiger partial charge in [0.1, 0.15) is 0 Å². The molecule has 0 saturated carbocycles. The van der Waals surface area contributed by atoms with E-state index in [1.165, 1.54) is 0 Å². The van der Waals surface area contributed by atoms with Gasteiger partial charge in [0, 0.05) is 24.4 Å². The first-order valence-electron chi connectivity index (χ1n) is 5.14. The topological polar surface area (TPSA) is 34.9 Å². The van der Waals surface area contributed by atoms with Gasteiger partial charge >= 0.3 is 0 Å². The van der Waals surface area contributed by atoms with Gasteiger partial charge in [-0.2, -0.15) is 5.10 Å². The van der Waals surface area contributed by atoms with Gasteiger partial charge in [0.05, 0.1) is 6.20 Å². The zero-order chi connectivity index (χ0) is 11.6. The van der Waals surface area contributed by atoms with Crippen molar-refractivity contribution in [1.82, 2.24) is 9.78 Å². The Morgan fingerprint density at radius 2 is 2.00 bits per heavy atom. The van der Waals surface area contributed by atoms with Gasteiger partial charge in [0.25, 0.3) is 0 Å². The Hall–Kier alpha value is -1.38. The molecule has 15 heavy (non-hydrogen) atoms. The fraction of sp³-hybridized carbons (Fsp3) is 0.500. The first-order valence-corrected chi connectivity index (χ1v) is 5.14. The molecular weight excluding hydrogens is 188 g/mol. The van der Waals surface area contributed by atoms with Crippen molar-refractivity contribution in [3.63, 3.8) is 0 Å². The van der Waals surface area contributed by atoms with Crippen molar-refractivity contribution in [3.05, 3.63) is 23.5 Å². The molecule has 1 rings (SSSR count). The maximum absolute atomic E-state index is 11.5. The summed E-state index contributed by atoms with van der Waals surface area (Å²) in [6, 6.07) is 0. The summed E-state index contributed by atoms with van der Waals surface area (Å²) in [6.07, 6.45) is 3.72. The highest BCUT2D eigenvalue weighted by Gasteiger charge is 2.14. The molecule has 0 unspecified atom stereocenters. The van der Waals surface area contributed by atoms with Gasteiger partial charge in [-0.3, -0.25) is 9.48 Å². The van der Waals surface area contributed by atoms with Crippen LogP contribution in [0.15, 0.2) is 18.0 Å². The smallest absolute Gasteiger partial charge is 0.156 e. The Morgan fingerprint density at radius 1 is 1.40 bits per heavy atom. The van der Waals surface area contributed by atoms with Gasteiger partial charge in [-0.25, -0.2) is 0 Å². The number of ketones is 1. The molecule has 0 saturated heterocycles. The van der Waals surface area contributed by atoms with Crippen molar-refractivity contribution >= 4 is 11.4 Å². The fourth-order valence-electron chi connectivity index (χ4n) is 1.87. The lowest BCUT2D eigenvalue weighted by molar-refractivity contribution is -0.113. The minimum atomic E-state index is 0.145. The van der Waals surface area contributed by atoms with Gasteiger partial charge in [-0.05, 0) is 25.3 Å². The van der Waals surface area contributed by atoms with E-state index in [1.807, 2.05) is 34.0 Å². The van der Waals surface area contributed by atoms with E-state index in [1.54, 1.807) is 17.8 Å². The van der Waals surface area contributed by atoms with Gasteiger partial charge in [-0.1, -0.05) is 13.8 Å². The molecule has 1 aromatic heterocycles. The monoisotopic (exact) mass is 206 g/mol. The predicted octanol–water partition coefficient (Wildman–Crippen LogP) is 2.44. The Labute approximate surface area is 90.8 Å². The van der Waals surface area contributed by atoms with Crippen LogP contribution in [0.25, 0.3) is 5.57 Å². The maximum atomic E-state index is 11.5. The number of nitrogens with zero attached hydrogens (tertiary/aromatic N) is 2. The van der Waals surface area contributed by atoms with Crippen molar-refractivity contribution in [2.75, 3.05) is 0 Å². The normalized spacial score (nSPS) is 12.9. The van der Waals surface area contributed by atoms with Gasteiger partial charge in [-0.15, -0.1) is 0 Å². The number of aromatic nitrogens is 2. The van der Waals surface area contributed by atoms with Gasteiger partial charge < -0.3 is 0 Å². The highest BCUT2D eigenvalue weighted by molar-refractivity contribution is 6.01. The number of rotatable bonds is 3. The summed E-state index contributed by atoms with van der Waals surface area (Å²) in [4.78, 5) is 11.5. The molecule has 0 aliphatic carbocycles. The Bertz CT molecular complexity index is 400. The number of carbonyl (C=O) groups excluding carboxylic acids is 1. The van der Waals surface area contributed by atoms with Crippen LogP contribution >= 0.6 is 0 Å². The van der Waals surface area contributed by atoms with Crippen molar-refractivity contribution in [3.8, 4) is 0 Å². The molecular formula is C12H18N2O. The third kappa shape index (κ3) is 2.55. The van der Waals surface area contributed by atoms with Crippen LogP contribution in [-0.4, -0.2) is 15.6 Å². The summed E-state index contributed by atoms with van der Waals surface area (Å²) in [5.41, 5.74) is 2.95. The SMILES string of the molecule is CC(=O)C(=C(C)c1cnn(C)c1)C(C)C. The molecule has 0 amide bonds. The molecule has 1 aromatic rings. The molecule has 0 bridgehead atoms. The zero-order valence-corrected chi connectivity index (χ0v) is 10.0. The second-order valence-electron chi connectivity index (χ2n) is 4.15. The minimum Gasteiger partial charge on any atom is -0.295 e. The standard InChI is InChI=1S/C12H18N2O/c1-8(2)12(10(4)15)9(3)11-6-13-14(5)7-11/h6-8H,1-5H3. The van der Waals surface area contributed by atoms with E-state index in [4.69, 9.17) is 0 Å². The Morgan fingerprint density at radius 3 is 2.33 bits per heavy atom. The van der Waals surface area contributed by atoms with Crippen LogP contribution < -0.4 is 0 Å². The summed E-state index contributed by atoms with van der Waals surface area (Å²) in [5.74, 6) is 0.397. The molecule has 0 atom stereocenters. The molecule has 0 aromatic carbocycles. The second-order valence-corrected chi connectivity index (χ2v) is 4.15. The molecule has 3 nitrogen and oxygen atoms in total. The van der Waals surface area contributed by atoms with Crippen LogP contribution in [0.2, 0.25) is 0 Å². The third-order valence-corrected chi connectivity index (χ3v) is 2.50. The van der Waals surface area contributed by atoms with E-state index >= 15 is 0 Å². The van der Waals surface area contributed by atoms with Crippen LogP contribution in [0.4, 0.5) is 0 Å². The predicted molar refractivity (Wildman–Crippen MR) is 61.3 cm³/mol. The van der Waals surface area contributed by atoms with E-state index in [0.29, 0.717) is 0 Å². The molecule has 3 heteroatoms. The number of hydrogen-bond donors (Lipinski definition) is 0. The number of carbonyl (C=O) groups is 1. The molecule has 1 heterocycles. The molecule has 0 N–H and O–H groups in total. The Balaban J connectivity index is 3.22. The van der Waals surface area contributed by atoms with Crippen LogP contribution in [-0.2, 0) is 11.8 Å². The van der Waals surface area contributed by atoms with Crippen molar-refractivity contribution < 1.29 is 4.79 Å². The largest absolute Gasteiger partial charge is 0.295 e. The zero-order valence-electron chi connectivity index (χ0n) is 10.0. The van der Waals surface area contributed by atoms with Gasteiger partial charge in [0.2, 0.25) is 0 Å². The van der Waals surface area contributed by atoms with Crippen LogP contribution in [0.1, 0.15) is 33.3 Å². The van der Waals surface area contributed by atoms with E-state index in [0.717, 1.165) is 16.7 Å². The lowest BCUT2D eigenvalue weighted by Crippen LogP contribution is -2.06. The minimum absolute atomic E-state index is 0.145. The lowest BCUT2D eigenvalue weighted by Gasteiger charge is -2.11. The van der Waals surface area contributed by atoms with E-state index in [-0.39, 0.29) is 11.7 Å². The maximum Gasteiger partial charge on any atom is 0.156 e. The molecule has 0 aliphatic rings. The third-order valence-electron chi connectivity index (χ3n) is 2.50. The lowest BCUT2D eigenvalue weighted by atomic mass is 9.92. The quantitative estimate of drug-likeness (QED) is 0.712. The summed E-state index contributed by atoms with van der Waals surface area (Å²) in [7, 11) is 1.87. The van der Waals surface area contributed by atoms with Crippen LogP contribution in [0.5, 0.6) is 0 Å². The average Bonchev–Trinajstić information content (AvgIpc) is 2.50. The Kier molecular flexibility index (Phi) is 3.45. The molecule has 0 fully saturated rings. The molecule has 0 aliphatic heterocycles. The average molecular weight is 206 g/mol. The van der Waals surface area contributed by atoms with Crippen molar-refractivity contribution in [2.24, 2.45) is 13.0 Å². The van der Waals surface area contributed by atoms with E-state index in [2.05, 4.69) is 5.10 Å². The molecule has 82 valence electrons. The number of Topliss-reactive ketones (excluding diaryl/α,β-unsaturated/α-hetero) is 1. The summed E-state index contributed by atoms with van der Waals surface area (Å²) in [5, 5.41) is 4.11. The van der Waals surface area contributed by atoms with E-state index < -0.39 is 0 Å². The van der Waals surface area contributed by atoms with Crippen molar-refractivity contribution in [1.29, 1.82) is 0 Å². The van der Waals surface area contributed by atoms with Crippen LogP contribution in [0, 0.1) is 5.92 Å². The number of aryl methyl sites for hydroxylation is 1. The highest BCUT2D eigenvalue weighted by Crippen LogP contribution is 2.23. The summed E-state index contributed by atoms with van der Waals surface area (Å²) >= 11 is 0. The van der Waals surface area contributed by atoms with Gasteiger partial charge in [0.15, 0.2) is 5.78 Å². The number of allylic oxidation sites excluding steroid dienone is 2. The molecule has 0 radical (unpaired) electrons. The molecule has 0 spiro atoms. The summed E-state index contributed by atoms with van der Waals surface area (Å²) in [6.45, 7) is 7.68. The fourth-order valence-corrected chi connectivity index (χ4v) is 1.87. The van der Waals surface area contributed by atoms with Crippen molar-refractivity contribution in [2.45, 2.75) is 27.7 Å². The second kappa shape index (κ2) is 4.43. The van der Waals surface area contributed by atoms with E-state index in [9.17, 15) is 4.79 Å².